The van der Waals surface area contributed by atoms with E-state index in [9.17, 15) is 28.1 Å². The molecule has 0 aliphatic heterocycles. The summed E-state index contributed by atoms with van der Waals surface area (Å²) >= 11 is 0. The number of nitro benzene ring substituents is 1. The molecule has 0 bridgehead atoms. The van der Waals surface area contributed by atoms with E-state index in [0.717, 1.165) is 12.1 Å². The molecule has 0 radical (unpaired) electrons. The van der Waals surface area contributed by atoms with Crippen molar-refractivity contribution in [3.63, 3.8) is 0 Å². The lowest BCUT2D eigenvalue weighted by atomic mass is 9.95. The third kappa shape index (κ3) is 4.18. The van der Waals surface area contributed by atoms with Crippen LogP contribution in [0.25, 0.3) is 0 Å². The number of rotatable bonds is 5. The van der Waals surface area contributed by atoms with Gasteiger partial charge >= 0.3 is 12.1 Å². The van der Waals surface area contributed by atoms with E-state index in [-0.39, 0.29) is 6.42 Å². The van der Waals surface area contributed by atoms with Crippen LogP contribution in [0.15, 0.2) is 18.2 Å². The highest BCUT2D eigenvalue weighted by molar-refractivity contribution is 5.69. The molecule has 9 heteroatoms. The zero-order chi connectivity index (χ0) is 16.9. The Morgan fingerprint density at radius 2 is 2.14 bits per heavy atom. The van der Waals surface area contributed by atoms with Crippen LogP contribution < -0.4 is 0 Å². The van der Waals surface area contributed by atoms with Crippen LogP contribution in [0.4, 0.5) is 18.9 Å². The summed E-state index contributed by atoms with van der Waals surface area (Å²) in [4.78, 5) is 20.7. The Balaban J connectivity index is 3.23. The van der Waals surface area contributed by atoms with Gasteiger partial charge in [-0.25, -0.2) is 0 Å². The number of nitrogens with zero attached hydrogens (tertiary/aromatic N) is 2. The lowest BCUT2D eigenvalue weighted by Gasteiger charge is -2.16. The van der Waals surface area contributed by atoms with Gasteiger partial charge in [-0.1, -0.05) is 13.0 Å². The van der Waals surface area contributed by atoms with Crippen LogP contribution in [0, 0.1) is 21.4 Å². The fourth-order valence-corrected chi connectivity index (χ4v) is 1.68. The number of halogens is 3. The highest BCUT2D eigenvalue weighted by Gasteiger charge is 2.37. The van der Waals surface area contributed by atoms with Gasteiger partial charge in [0.1, 0.15) is 12.5 Å². The maximum absolute atomic E-state index is 13.0. The average Bonchev–Trinajstić information content (AvgIpc) is 2.46. The van der Waals surface area contributed by atoms with Crippen molar-refractivity contribution in [3.8, 4) is 6.07 Å². The summed E-state index contributed by atoms with van der Waals surface area (Å²) in [7, 11) is 0. The minimum Gasteiger partial charge on any atom is -0.464 e. The number of non-ortho nitro benzene ring substituents is 1. The maximum atomic E-state index is 13.0. The second-order valence-corrected chi connectivity index (χ2v) is 4.24. The van der Waals surface area contributed by atoms with Crippen LogP contribution in [0.5, 0.6) is 0 Å². The van der Waals surface area contributed by atoms with Crippen molar-refractivity contribution in [2.75, 3.05) is 6.61 Å². The normalized spacial score (nSPS) is 12.3. The second kappa shape index (κ2) is 6.89. The molecule has 118 valence electrons. The average molecular weight is 316 g/mol. The van der Waals surface area contributed by atoms with Crippen molar-refractivity contribution in [3.05, 3.63) is 39.4 Å². The Hall–Kier alpha value is -2.63. The molecule has 1 atom stereocenters. The summed E-state index contributed by atoms with van der Waals surface area (Å²) in [5, 5.41) is 19.6. The molecule has 1 aromatic carbocycles. The quantitative estimate of drug-likeness (QED) is 0.472. The third-order valence-electron chi connectivity index (χ3n) is 2.78. The summed E-state index contributed by atoms with van der Waals surface area (Å²) in [6, 6.07) is 3.70. The number of carbonyl (C=O) groups excluding carboxylic acids is 1. The van der Waals surface area contributed by atoms with Crippen LogP contribution in [-0.2, 0) is 15.7 Å². The SMILES string of the molecule is CCC(=O)OCC(C#N)c1ccc([N+](=O)[O-])cc1C(F)(F)F. The number of carbonyl (C=O) groups is 1. The van der Waals surface area contributed by atoms with Gasteiger partial charge in [-0.2, -0.15) is 18.4 Å². The summed E-state index contributed by atoms with van der Waals surface area (Å²) in [5.74, 6) is -2.02. The summed E-state index contributed by atoms with van der Waals surface area (Å²) in [6.07, 6.45) is -4.85. The van der Waals surface area contributed by atoms with E-state index in [2.05, 4.69) is 4.74 Å². The highest BCUT2D eigenvalue weighted by atomic mass is 19.4. The van der Waals surface area contributed by atoms with Gasteiger partial charge in [-0.05, 0) is 5.56 Å². The minimum absolute atomic E-state index is 0.0184. The number of hydrogen-bond donors (Lipinski definition) is 0. The van der Waals surface area contributed by atoms with E-state index in [4.69, 9.17) is 5.26 Å². The molecule has 0 saturated carbocycles. The molecule has 1 aromatic rings. The van der Waals surface area contributed by atoms with E-state index < -0.39 is 46.4 Å². The molecule has 0 amide bonds. The van der Waals surface area contributed by atoms with Crippen molar-refractivity contribution < 1.29 is 27.6 Å². The molecule has 0 heterocycles. The van der Waals surface area contributed by atoms with Gasteiger partial charge in [0.25, 0.3) is 5.69 Å². The molecule has 1 unspecified atom stereocenters. The monoisotopic (exact) mass is 316 g/mol. The molecule has 0 aliphatic carbocycles. The lowest BCUT2D eigenvalue weighted by Crippen LogP contribution is -2.16. The first-order chi connectivity index (χ1) is 10.2. The Bertz CT molecular complexity index is 623. The van der Waals surface area contributed by atoms with E-state index in [1.165, 1.54) is 6.92 Å². The number of nitriles is 1. The van der Waals surface area contributed by atoms with Crippen LogP contribution in [0.1, 0.15) is 30.4 Å². The molecule has 0 aliphatic rings. The predicted octanol–water partition coefficient (Wildman–Crippen LogP) is 3.17. The first-order valence-electron chi connectivity index (χ1n) is 6.11. The Morgan fingerprint density at radius 3 is 2.59 bits per heavy atom. The van der Waals surface area contributed by atoms with E-state index in [1.54, 1.807) is 6.07 Å². The zero-order valence-corrected chi connectivity index (χ0v) is 11.4. The van der Waals surface area contributed by atoms with Crippen molar-refractivity contribution in [2.45, 2.75) is 25.4 Å². The number of alkyl halides is 3. The first-order valence-corrected chi connectivity index (χ1v) is 6.11. The molecule has 0 saturated heterocycles. The van der Waals surface area contributed by atoms with Crippen LogP contribution in [-0.4, -0.2) is 17.5 Å². The van der Waals surface area contributed by atoms with Gasteiger partial charge in [-0.3, -0.25) is 14.9 Å². The molecular formula is C13H11F3N2O4. The van der Waals surface area contributed by atoms with Gasteiger partial charge < -0.3 is 4.74 Å². The topological polar surface area (TPSA) is 93.2 Å². The van der Waals surface area contributed by atoms with Crippen molar-refractivity contribution in [2.24, 2.45) is 0 Å². The van der Waals surface area contributed by atoms with E-state index >= 15 is 0 Å². The molecule has 1 rings (SSSR count). The van der Waals surface area contributed by atoms with Crippen LogP contribution >= 0.6 is 0 Å². The summed E-state index contributed by atoms with van der Waals surface area (Å²) < 4.78 is 43.7. The summed E-state index contributed by atoms with van der Waals surface area (Å²) in [5.41, 5.74) is -2.50. The summed E-state index contributed by atoms with van der Waals surface area (Å²) in [6.45, 7) is 0.945. The second-order valence-electron chi connectivity index (χ2n) is 4.24. The van der Waals surface area contributed by atoms with Crippen molar-refractivity contribution in [1.29, 1.82) is 5.26 Å². The molecule has 0 aromatic heterocycles. The predicted molar refractivity (Wildman–Crippen MR) is 67.7 cm³/mol. The van der Waals surface area contributed by atoms with Crippen LogP contribution in [0.2, 0.25) is 0 Å². The van der Waals surface area contributed by atoms with E-state index in [0.29, 0.717) is 6.07 Å². The fraction of sp³-hybridized carbons (Fsp3) is 0.385. The maximum Gasteiger partial charge on any atom is 0.416 e. The molecule has 0 spiro atoms. The lowest BCUT2D eigenvalue weighted by molar-refractivity contribution is -0.385. The van der Waals surface area contributed by atoms with Gasteiger partial charge in [0.05, 0.1) is 16.6 Å². The van der Waals surface area contributed by atoms with Crippen LogP contribution in [0.3, 0.4) is 0 Å². The van der Waals surface area contributed by atoms with Gasteiger partial charge in [0, 0.05) is 18.6 Å². The smallest absolute Gasteiger partial charge is 0.416 e. The standard InChI is InChI=1S/C13H11F3N2O4/c1-2-12(19)22-7-8(6-17)10-4-3-9(18(20)21)5-11(10)13(14,15)16/h3-5,8H,2,7H2,1H3. The molecule has 0 N–H and O–H groups in total. The van der Waals surface area contributed by atoms with Crippen molar-refractivity contribution >= 4 is 11.7 Å². The largest absolute Gasteiger partial charge is 0.464 e. The van der Waals surface area contributed by atoms with Crippen molar-refractivity contribution in [1.82, 2.24) is 0 Å². The number of ether oxygens (including phenoxy) is 1. The zero-order valence-electron chi connectivity index (χ0n) is 11.4. The third-order valence-corrected chi connectivity index (χ3v) is 2.78. The Kier molecular flexibility index (Phi) is 5.45. The van der Waals surface area contributed by atoms with Gasteiger partial charge in [0.15, 0.2) is 0 Å². The Labute approximate surface area is 123 Å². The van der Waals surface area contributed by atoms with E-state index in [1.807, 2.05) is 0 Å². The first kappa shape index (κ1) is 17.4. The number of nitro groups is 1. The molecule has 6 nitrogen and oxygen atoms in total. The number of esters is 1. The Morgan fingerprint density at radius 1 is 1.50 bits per heavy atom. The molecule has 22 heavy (non-hydrogen) atoms. The van der Waals surface area contributed by atoms with Gasteiger partial charge in [-0.15, -0.1) is 0 Å². The number of benzene rings is 1. The van der Waals surface area contributed by atoms with Gasteiger partial charge in [0.2, 0.25) is 0 Å². The highest BCUT2D eigenvalue weighted by Crippen LogP contribution is 2.37. The molecule has 0 fully saturated rings. The minimum atomic E-state index is -4.87. The number of hydrogen-bond acceptors (Lipinski definition) is 5. The molecular weight excluding hydrogens is 305 g/mol. The fourth-order valence-electron chi connectivity index (χ4n) is 1.68.